The topological polar surface area (TPSA) is 65.4 Å². The van der Waals surface area contributed by atoms with E-state index < -0.39 is 5.91 Å². The summed E-state index contributed by atoms with van der Waals surface area (Å²) in [6, 6.07) is 20.1. The maximum absolute atomic E-state index is 12.0. The number of hydrogen-bond donors (Lipinski definition) is 1. The van der Waals surface area contributed by atoms with Gasteiger partial charge in [-0.15, -0.1) is 0 Å². The zero-order valence-corrected chi connectivity index (χ0v) is 15.8. The van der Waals surface area contributed by atoms with Crippen molar-refractivity contribution in [3.63, 3.8) is 0 Å². The van der Waals surface area contributed by atoms with E-state index in [1.807, 2.05) is 48.5 Å². The fourth-order valence-electron chi connectivity index (χ4n) is 2.65. The smallest absolute Gasteiger partial charge is 0.262 e. The molecule has 0 saturated heterocycles. The summed E-state index contributed by atoms with van der Waals surface area (Å²) in [5, 5.41) is 11.9. The van der Waals surface area contributed by atoms with Crippen molar-refractivity contribution in [3.05, 3.63) is 71.3 Å². The third-order valence-corrected chi connectivity index (χ3v) is 4.12. The lowest BCUT2D eigenvalue weighted by atomic mass is 10.1. The molecule has 0 aliphatic heterocycles. The van der Waals surface area contributed by atoms with E-state index in [1.165, 1.54) is 5.56 Å². The number of hydrogen-bond acceptors (Lipinski definition) is 4. The molecule has 2 aromatic carbocycles. The highest BCUT2D eigenvalue weighted by molar-refractivity contribution is 6.01. The molecule has 0 heterocycles. The number of nitrogens with one attached hydrogen (secondary N) is 1. The van der Waals surface area contributed by atoms with Crippen LogP contribution in [0.4, 0.5) is 5.69 Å². The van der Waals surface area contributed by atoms with Gasteiger partial charge in [-0.2, -0.15) is 5.26 Å². The van der Waals surface area contributed by atoms with Gasteiger partial charge in [0.1, 0.15) is 11.6 Å². The molecule has 2 rings (SSSR count). The van der Waals surface area contributed by atoms with Crippen LogP contribution in [0.1, 0.15) is 18.1 Å². The lowest BCUT2D eigenvalue weighted by molar-refractivity contribution is -0.117. The maximum atomic E-state index is 12.0. The van der Waals surface area contributed by atoms with Crippen LogP contribution in [0.3, 0.4) is 0 Å². The zero-order chi connectivity index (χ0) is 19.5. The normalized spacial score (nSPS) is 10.9. The number of methoxy groups -OCH3 is 1. The molecular weight excluding hydrogens is 338 g/mol. The predicted octanol–water partition coefficient (Wildman–Crippen LogP) is 3.38. The summed E-state index contributed by atoms with van der Waals surface area (Å²) in [7, 11) is 1.56. The summed E-state index contributed by atoms with van der Waals surface area (Å²) in [5.41, 5.74) is 3.24. The molecule has 0 saturated carbocycles. The first-order valence-corrected chi connectivity index (χ1v) is 8.95. The Morgan fingerprint density at radius 2 is 1.89 bits per heavy atom. The molecule has 0 radical (unpaired) electrons. The lowest BCUT2D eigenvalue weighted by Crippen LogP contribution is -2.27. The SMILES string of the molecule is CCN(Cc1ccccc1)c1ccc(/C=C(\C#N)C(=O)NCCOC)cc1. The monoisotopic (exact) mass is 363 g/mol. The Labute approximate surface area is 160 Å². The molecule has 0 aliphatic rings. The average Bonchev–Trinajstić information content (AvgIpc) is 2.71. The number of anilines is 1. The van der Waals surface area contributed by atoms with E-state index >= 15 is 0 Å². The van der Waals surface area contributed by atoms with Gasteiger partial charge in [-0.25, -0.2) is 0 Å². The first-order valence-electron chi connectivity index (χ1n) is 8.95. The predicted molar refractivity (Wildman–Crippen MR) is 108 cm³/mol. The highest BCUT2D eigenvalue weighted by Gasteiger charge is 2.09. The second-order valence-corrected chi connectivity index (χ2v) is 6.01. The molecule has 0 bridgehead atoms. The molecule has 1 amide bonds. The van der Waals surface area contributed by atoms with Gasteiger partial charge in [0.25, 0.3) is 5.91 Å². The summed E-state index contributed by atoms with van der Waals surface area (Å²) >= 11 is 0. The minimum atomic E-state index is -0.391. The molecule has 5 nitrogen and oxygen atoms in total. The zero-order valence-electron chi connectivity index (χ0n) is 15.8. The highest BCUT2D eigenvalue weighted by Crippen LogP contribution is 2.19. The Bertz CT molecular complexity index is 793. The van der Waals surface area contributed by atoms with E-state index in [2.05, 4.69) is 29.3 Å². The number of rotatable bonds is 9. The third-order valence-electron chi connectivity index (χ3n) is 4.12. The van der Waals surface area contributed by atoms with Gasteiger partial charge in [0.2, 0.25) is 0 Å². The lowest BCUT2D eigenvalue weighted by Gasteiger charge is -2.23. The van der Waals surface area contributed by atoms with Crippen molar-refractivity contribution >= 4 is 17.7 Å². The second kappa shape index (κ2) is 10.8. The Kier molecular flexibility index (Phi) is 8.08. The average molecular weight is 363 g/mol. The van der Waals surface area contributed by atoms with Crippen LogP contribution in [0.2, 0.25) is 0 Å². The van der Waals surface area contributed by atoms with Crippen LogP contribution in [-0.4, -0.2) is 32.7 Å². The molecular formula is C22H25N3O2. The fraction of sp³-hybridized carbons (Fsp3) is 0.273. The Hall–Kier alpha value is -3.10. The molecule has 0 atom stereocenters. The van der Waals surface area contributed by atoms with E-state index in [-0.39, 0.29) is 5.57 Å². The van der Waals surface area contributed by atoms with Crippen molar-refractivity contribution in [2.45, 2.75) is 13.5 Å². The van der Waals surface area contributed by atoms with E-state index in [0.29, 0.717) is 13.2 Å². The summed E-state index contributed by atoms with van der Waals surface area (Å²) in [6.07, 6.45) is 1.60. The molecule has 0 aromatic heterocycles. The largest absolute Gasteiger partial charge is 0.383 e. The minimum Gasteiger partial charge on any atom is -0.383 e. The van der Waals surface area contributed by atoms with Crippen LogP contribution in [0.15, 0.2) is 60.2 Å². The number of nitrogens with zero attached hydrogens (tertiary/aromatic N) is 2. The van der Waals surface area contributed by atoms with Crippen LogP contribution in [-0.2, 0) is 16.1 Å². The first-order chi connectivity index (χ1) is 13.2. The van der Waals surface area contributed by atoms with Crippen LogP contribution in [0.25, 0.3) is 6.08 Å². The fourth-order valence-corrected chi connectivity index (χ4v) is 2.65. The van der Waals surface area contributed by atoms with Gasteiger partial charge in [0.05, 0.1) is 6.61 Å². The standard InChI is InChI=1S/C22H25N3O2/c1-3-25(17-19-7-5-4-6-8-19)21-11-9-18(10-12-21)15-20(16-23)22(26)24-13-14-27-2/h4-12,15H,3,13-14,17H2,1-2H3,(H,24,26)/b20-15+. The molecule has 0 aliphatic carbocycles. The molecule has 0 unspecified atom stereocenters. The quantitative estimate of drug-likeness (QED) is 0.421. The van der Waals surface area contributed by atoms with Gasteiger partial charge in [-0.1, -0.05) is 42.5 Å². The Morgan fingerprint density at radius 1 is 1.19 bits per heavy atom. The van der Waals surface area contributed by atoms with Gasteiger partial charge in [-0.05, 0) is 36.3 Å². The van der Waals surface area contributed by atoms with Crippen molar-refractivity contribution in [1.29, 1.82) is 5.26 Å². The van der Waals surface area contributed by atoms with Gasteiger partial charge in [-0.3, -0.25) is 4.79 Å². The molecule has 5 heteroatoms. The number of nitriles is 1. The Balaban J connectivity index is 2.08. The van der Waals surface area contributed by atoms with Crippen molar-refractivity contribution in [2.75, 3.05) is 31.7 Å². The molecule has 0 spiro atoms. The summed E-state index contributed by atoms with van der Waals surface area (Å²) in [6.45, 7) is 4.62. The van der Waals surface area contributed by atoms with E-state index in [4.69, 9.17) is 4.74 Å². The number of ether oxygens (including phenoxy) is 1. The first kappa shape index (κ1) is 20.2. The highest BCUT2D eigenvalue weighted by atomic mass is 16.5. The number of carbonyl (C=O) groups is 1. The van der Waals surface area contributed by atoms with Gasteiger partial charge in [0, 0.05) is 32.4 Å². The maximum Gasteiger partial charge on any atom is 0.262 e. The van der Waals surface area contributed by atoms with Crippen LogP contribution >= 0.6 is 0 Å². The number of carbonyl (C=O) groups excluding carboxylic acids is 1. The van der Waals surface area contributed by atoms with E-state index in [1.54, 1.807) is 13.2 Å². The van der Waals surface area contributed by atoms with Crippen molar-refractivity contribution in [2.24, 2.45) is 0 Å². The Morgan fingerprint density at radius 3 is 2.48 bits per heavy atom. The number of benzene rings is 2. The summed E-state index contributed by atoms with van der Waals surface area (Å²) in [5.74, 6) is -0.391. The van der Waals surface area contributed by atoms with Crippen molar-refractivity contribution in [3.8, 4) is 6.07 Å². The van der Waals surface area contributed by atoms with Crippen molar-refractivity contribution in [1.82, 2.24) is 5.32 Å². The third kappa shape index (κ3) is 6.28. The van der Waals surface area contributed by atoms with Gasteiger partial charge in [0.15, 0.2) is 0 Å². The van der Waals surface area contributed by atoms with E-state index in [9.17, 15) is 10.1 Å². The van der Waals surface area contributed by atoms with E-state index in [0.717, 1.165) is 24.3 Å². The molecule has 27 heavy (non-hydrogen) atoms. The minimum absolute atomic E-state index is 0.0792. The summed E-state index contributed by atoms with van der Waals surface area (Å²) < 4.78 is 4.89. The second-order valence-electron chi connectivity index (χ2n) is 6.01. The van der Waals surface area contributed by atoms with Crippen molar-refractivity contribution < 1.29 is 9.53 Å². The molecule has 0 fully saturated rings. The van der Waals surface area contributed by atoms with Gasteiger partial charge >= 0.3 is 0 Å². The van der Waals surface area contributed by atoms with Gasteiger partial charge < -0.3 is 15.0 Å². The van der Waals surface area contributed by atoms with Crippen LogP contribution in [0.5, 0.6) is 0 Å². The molecule has 2 aromatic rings. The molecule has 1 N–H and O–H groups in total. The number of amides is 1. The molecule has 140 valence electrons. The van der Waals surface area contributed by atoms with Crippen LogP contribution < -0.4 is 10.2 Å². The van der Waals surface area contributed by atoms with Crippen LogP contribution in [0, 0.1) is 11.3 Å². The summed E-state index contributed by atoms with van der Waals surface area (Å²) in [4.78, 5) is 14.3.